The van der Waals surface area contributed by atoms with Crippen LogP contribution in [0, 0.1) is 0 Å². The van der Waals surface area contributed by atoms with Crippen molar-refractivity contribution in [2.24, 2.45) is 0 Å². The first-order valence-corrected chi connectivity index (χ1v) is 17.9. The first kappa shape index (κ1) is 30.0. The molecule has 0 fully saturated rings. The van der Waals surface area contributed by atoms with Crippen LogP contribution < -0.4 is 4.90 Å². The van der Waals surface area contributed by atoms with Crippen LogP contribution in [0.4, 0.5) is 17.1 Å². The standard InChI is InChI=1S/C50H34N2/c1-2-13-35(14-3-1)38-17-12-18-42(34-38)51(40-27-29-41(30-28-40)52-48-23-10-8-21-46(48)47-22-9-11-24-49(47)52)50-32-31-43(44-19-6-7-20-45(44)50)39-26-25-36-15-4-5-16-37(36)33-39/h1-34H. The van der Waals surface area contributed by atoms with Gasteiger partial charge in [-0.15, -0.1) is 0 Å². The zero-order chi connectivity index (χ0) is 34.4. The fourth-order valence-corrected chi connectivity index (χ4v) is 7.92. The van der Waals surface area contributed by atoms with Crippen LogP contribution in [0.3, 0.4) is 0 Å². The SMILES string of the molecule is c1ccc(-c2cccc(N(c3ccc(-n4c5ccccc5c5ccccc54)cc3)c3ccc(-c4ccc5ccccc5c4)c4ccccc34)c2)cc1. The van der Waals surface area contributed by atoms with Crippen molar-refractivity contribution in [3.05, 3.63) is 206 Å². The van der Waals surface area contributed by atoms with Gasteiger partial charge in [-0.25, -0.2) is 0 Å². The second-order valence-electron chi connectivity index (χ2n) is 13.4. The van der Waals surface area contributed by atoms with E-state index in [1.54, 1.807) is 0 Å². The van der Waals surface area contributed by atoms with E-state index in [1.807, 2.05) is 0 Å². The van der Waals surface area contributed by atoms with Crippen LogP contribution in [0.2, 0.25) is 0 Å². The molecule has 0 atom stereocenters. The highest BCUT2D eigenvalue weighted by Gasteiger charge is 2.19. The number of rotatable bonds is 6. The van der Waals surface area contributed by atoms with Gasteiger partial charge in [0.1, 0.15) is 0 Å². The van der Waals surface area contributed by atoms with Gasteiger partial charge in [-0.3, -0.25) is 0 Å². The van der Waals surface area contributed by atoms with Crippen molar-refractivity contribution in [3.8, 4) is 27.9 Å². The van der Waals surface area contributed by atoms with Gasteiger partial charge in [0.2, 0.25) is 0 Å². The predicted molar refractivity (Wildman–Crippen MR) is 221 cm³/mol. The van der Waals surface area contributed by atoms with Gasteiger partial charge < -0.3 is 9.47 Å². The van der Waals surface area contributed by atoms with Crippen LogP contribution >= 0.6 is 0 Å². The lowest BCUT2D eigenvalue weighted by molar-refractivity contribution is 1.17. The molecule has 0 aliphatic rings. The number of hydrogen-bond donors (Lipinski definition) is 0. The lowest BCUT2D eigenvalue weighted by atomic mass is 9.94. The van der Waals surface area contributed by atoms with Gasteiger partial charge in [0.25, 0.3) is 0 Å². The van der Waals surface area contributed by atoms with Gasteiger partial charge in [-0.2, -0.15) is 0 Å². The monoisotopic (exact) mass is 662 g/mol. The topological polar surface area (TPSA) is 8.17 Å². The highest BCUT2D eigenvalue weighted by Crippen LogP contribution is 2.43. The van der Waals surface area contributed by atoms with Crippen molar-refractivity contribution in [2.45, 2.75) is 0 Å². The van der Waals surface area contributed by atoms with Crippen molar-refractivity contribution >= 4 is 60.4 Å². The first-order chi connectivity index (χ1) is 25.8. The lowest BCUT2D eigenvalue weighted by Crippen LogP contribution is -2.11. The Morgan fingerprint density at radius 2 is 0.942 bits per heavy atom. The Kier molecular flexibility index (Phi) is 7.18. The summed E-state index contributed by atoms with van der Waals surface area (Å²) in [6.07, 6.45) is 0. The maximum atomic E-state index is 2.41. The summed E-state index contributed by atoms with van der Waals surface area (Å²) in [4.78, 5) is 2.41. The summed E-state index contributed by atoms with van der Waals surface area (Å²) >= 11 is 0. The summed E-state index contributed by atoms with van der Waals surface area (Å²) in [6, 6.07) is 74.7. The molecule has 0 aliphatic heterocycles. The number of hydrogen-bond acceptors (Lipinski definition) is 1. The molecule has 244 valence electrons. The molecule has 1 aromatic heterocycles. The van der Waals surface area contributed by atoms with Crippen LogP contribution in [0.1, 0.15) is 0 Å². The Morgan fingerprint density at radius 3 is 1.69 bits per heavy atom. The molecule has 9 aromatic carbocycles. The Bertz CT molecular complexity index is 2850. The first-order valence-electron chi connectivity index (χ1n) is 17.9. The van der Waals surface area contributed by atoms with Gasteiger partial charge >= 0.3 is 0 Å². The van der Waals surface area contributed by atoms with E-state index in [2.05, 4.69) is 216 Å². The van der Waals surface area contributed by atoms with Crippen molar-refractivity contribution in [1.29, 1.82) is 0 Å². The number of anilines is 3. The molecule has 2 nitrogen and oxygen atoms in total. The summed E-state index contributed by atoms with van der Waals surface area (Å²) in [6.45, 7) is 0. The molecule has 0 radical (unpaired) electrons. The fraction of sp³-hybridized carbons (Fsp3) is 0. The van der Waals surface area contributed by atoms with Crippen LogP contribution in [-0.2, 0) is 0 Å². The Balaban J connectivity index is 1.16. The second kappa shape index (κ2) is 12.5. The van der Waals surface area contributed by atoms with Gasteiger partial charge in [0.05, 0.1) is 16.7 Å². The van der Waals surface area contributed by atoms with Crippen molar-refractivity contribution in [3.63, 3.8) is 0 Å². The third kappa shape index (κ3) is 5.04. The minimum atomic E-state index is 1.10. The minimum Gasteiger partial charge on any atom is -0.310 e. The number of fused-ring (bicyclic) bond motifs is 5. The predicted octanol–water partition coefficient (Wildman–Crippen LogP) is 13.9. The molecule has 0 unspecified atom stereocenters. The van der Waals surface area contributed by atoms with Crippen molar-refractivity contribution < 1.29 is 0 Å². The molecule has 0 spiro atoms. The third-order valence-electron chi connectivity index (χ3n) is 10.4. The van der Waals surface area contributed by atoms with Crippen LogP contribution in [0.15, 0.2) is 206 Å². The van der Waals surface area contributed by atoms with Gasteiger partial charge in [-0.1, -0.05) is 146 Å². The molecule has 0 N–H and O–H groups in total. The van der Waals surface area contributed by atoms with E-state index in [0.717, 1.165) is 22.7 Å². The van der Waals surface area contributed by atoms with Gasteiger partial charge in [0.15, 0.2) is 0 Å². The average Bonchev–Trinajstić information content (AvgIpc) is 3.56. The zero-order valence-corrected chi connectivity index (χ0v) is 28.5. The summed E-state index contributed by atoms with van der Waals surface area (Å²) in [5.41, 5.74) is 11.7. The normalized spacial score (nSPS) is 11.5. The van der Waals surface area contributed by atoms with E-state index >= 15 is 0 Å². The molecule has 0 saturated heterocycles. The van der Waals surface area contributed by atoms with E-state index in [0.29, 0.717) is 0 Å². The maximum Gasteiger partial charge on any atom is 0.0541 e. The molecule has 0 saturated carbocycles. The molecule has 10 rings (SSSR count). The van der Waals surface area contributed by atoms with Crippen LogP contribution in [-0.4, -0.2) is 4.57 Å². The van der Waals surface area contributed by atoms with Crippen molar-refractivity contribution in [1.82, 2.24) is 4.57 Å². The Morgan fingerprint density at radius 1 is 0.327 bits per heavy atom. The number of benzene rings is 9. The molecule has 1 heterocycles. The van der Waals surface area contributed by atoms with E-state index in [-0.39, 0.29) is 0 Å². The van der Waals surface area contributed by atoms with E-state index in [1.165, 1.54) is 65.6 Å². The molecule has 0 amide bonds. The molecule has 2 heteroatoms. The van der Waals surface area contributed by atoms with Crippen LogP contribution in [0.5, 0.6) is 0 Å². The Hall–Kier alpha value is -6.90. The summed E-state index contributed by atoms with van der Waals surface area (Å²) < 4.78 is 2.38. The largest absolute Gasteiger partial charge is 0.310 e. The smallest absolute Gasteiger partial charge is 0.0541 e. The van der Waals surface area contributed by atoms with E-state index < -0.39 is 0 Å². The number of nitrogens with zero attached hydrogens (tertiary/aromatic N) is 2. The molecular weight excluding hydrogens is 629 g/mol. The lowest BCUT2D eigenvalue weighted by Gasteiger charge is -2.28. The molecule has 0 bridgehead atoms. The van der Waals surface area contributed by atoms with Crippen LogP contribution in [0.25, 0.3) is 71.3 Å². The highest BCUT2D eigenvalue weighted by atomic mass is 15.1. The zero-order valence-electron chi connectivity index (χ0n) is 28.5. The van der Waals surface area contributed by atoms with Crippen molar-refractivity contribution in [2.75, 3.05) is 4.90 Å². The Labute approximate surface area is 303 Å². The van der Waals surface area contributed by atoms with Gasteiger partial charge in [-0.05, 0) is 99.1 Å². The summed E-state index contributed by atoms with van der Waals surface area (Å²) in [5, 5.41) is 7.45. The van der Waals surface area contributed by atoms with E-state index in [4.69, 9.17) is 0 Å². The van der Waals surface area contributed by atoms with Gasteiger partial charge in [0, 0.05) is 33.2 Å². The third-order valence-corrected chi connectivity index (χ3v) is 10.4. The maximum absolute atomic E-state index is 2.41. The number of para-hydroxylation sites is 2. The second-order valence-corrected chi connectivity index (χ2v) is 13.4. The van der Waals surface area contributed by atoms with E-state index in [9.17, 15) is 0 Å². The minimum absolute atomic E-state index is 1.10. The molecule has 0 aliphatic carbocycles. The fourth-order valence-electron chi connectivity index (χ4n) is 7.92. The summed E-state index contributed by atoms with van der Waals surface area (Å²) in [7, 11) is 0. The molecular formula is C50H34N2. The quantitative estimate of drug-likeness (QED) is 0.172. The number of aromatic nitrogens is 1. The summed E-state index contributed by atoms with van der Waals surface area (Å²) in [5.74, 6) is 0. The average molecular weight is 663 g/mol. The molecule has 52 heavy (non-hydrogen) atoms. The molecule has 10 aromatic rings. The highest BCUT2D eigenvalue weighted by molar-refractivity contribution is 6.10.